The Labute approximate surface area is 94.6 Å². The Morgan fingerprint density at radius 1 is 1.12 bits per heavy atom. The fourth-order valence-corrected chi connectivity index (χ4v) is 1.46. The summed E-state index contributed by atoms with van der Waals surface area (Å²) in [5.41, 5.74) is 5.34. The van der Waals surface area contributed by atoms with E-state index in [0.29, 0.717) is 18.0 Å². The van der Waals surface area contributed by atoms with Crippen molar-refractivity contribution < 1.29 is 13.2 Å². The van der Waals surface area contributed by atoms with Gasteiger partial charge in [-0.3, -0.25) is 0 Å². The van der Waals surface area contributed by atoms with E-state index in [4.69, 9.17) is 11.6 Å². The first-order valence-electron chi connectivity index (χ1n) is 4.66. The van der Waals surface area contributed by atoms with Crippen LogP contribution >= 0.6 is 0 Å². The van der Waals surface area contributed by atoms with Gasteiger partial charge in [-0.15, -0.1) is 0 Å². The Kier molecular flexibility index (Phi) is 2.45. The summed E-state index contributed by atoms with van der Waals surface area (Å²) in [6.45, 7) is 1.55. The van der Waals surface area contributed by atoms with Crippen molar-refractivity contribution in [3.05, 3.63) is 35.4 Å². The molecule has 0 bridgehead atoms. The van der Waals surface area contributed by atoms with Crippen LogP contribution in [0, 0.1) is 24.4 Å². The average Bonchev–Trinajstić information content (AvgIpc) is 2.51. The molecule has 1 aromatic heterocycles. The van der Waals surface area contributed by atoms with Crippen molar-refractivity contribution >= 4 is 5.82 Å². The first kappa shape index (κ1) is 11.3. The molecule has 4 nitrogen and oxygen atoms in total. The van der Waals surface area contributed by atoms with Gasteiger partial charge in [0, 0.05) is 11.6 Å². The summed E-state index contributed by atoms with van der Waals surface area (Å²) in [4.78, 5) is 3.90. The van der Waals surface area contributed by atoms with Crippen LogP contribution in [0.25, 0.3) is 11.3 Å². The Balaban J connectivity index is 2.68. The van der Waals surface area contributed by atoms with Crippen molar-refractivity contribution in [3.63, 3.8) is 0 Å². The molecular formula is C10H9F3N4. The first-order valence-corrected chi connectivity index (χ1v) is 4.66. The van der Waals surface area contributed by atoms with Gasteiger partial charge in [-0.1, -0.05) is 0 Å². The monoisotopic (exact) mass is 242 g/mol. The number of nitrogens with zero attached hydrogens (tertiary/aromatic N) is 2. The molecule has 2 aromatic rings. The molecule has 90 valence electrons. The summed E-state index contributed by atoms with van der Waals surface area (Å²) in [7, 11) is 0. The van der Waals surface area contributed by atoms with Crippen molar-refractivity contribution in [1.29, 1.82) is 0 Å². The fourth-order valence-electron chi connectivity index (χ4n) is 1.46. The standard InChI is InChI=1S/C10H9F3N4/c1-4-16-9(10(14)17(4)15)5-2-7(12)8(13)3-6(5)11/h2-3H,14-15H2,1H3. The third-order valence-corrected chi connectivity index (χ3v) is 2.39. The van der Waals surface area contributed by atoms with Gasteiger partial charge in [-0.25, -0.2) is 22.8 Å². The number of nitrogen functional groups attached to an aromatic ring is 2. The molecule has 0 fully saturated rings. The van der Waals surface area contributed by atoms with Crippen LogP contribution in [-0.2, 0) is 0 Å². The summed E-state index contributed by atoms with van der Waals surface area (Å²) in [6.07, 6.45) is 0. The van der Waals surface area contributed by atoms with Gasteiger partial charge >= 0.3 is 0 Å². The lowest BCUT2D eigenvalue weighted by Gasteiger charge is -2.03. The number of benzene rings is 1. The largest absolute Gasteiger partial charge is 0.382 e. The molecule has 7 heteroatoms. The van der Waals surface area contributed by atoms with E-state index in [2.05, 4.69) is 4.98 Å². The van der Waals surface area contributed by atoms with Crippen LogP contribution in [0.1, 0.15) is 5.82 Å². The van der Waals surface area contributed by atoms with Crippen LogP contribution in [-0.4, -0.2) is 9.66 Å². The number of aryl methyl sites for hydroxylation is 1. The molecule has 0 unspecified atom stereocenters. The molecule has 17 heavy (non-hydrogen) atoms. The summed E-state index contributed by atoms with van der Waals surface area (Å²) in [5.74, 6) is 2.41. The zero-order valence-electron chi connectivity index (χ0n) is 8.84. The van der Waals surface area contributed by atoms with E-state index in [1.165, 1.54) is 0 Å². The summed E-state index contributed by atoms with van der Waals surface area (Å²) in [5, 5.41) is 0. The minimum Gasteiger partial charge on any atom is -0.382 e. The van der Waals surface area contributed by atoms with Crippen LogP contribution in [0.5, 0.6) is 0 Å². The highest BCUT2D eigenvalue weighted by molar-refractivity contribution is 5.71. The highest BCUT2D eigenvalue weighted by atomic mass is 19.2. The number of hydrogen-bond donors (Lipinski definition) is 2. The van der Waals surface area contributed by atoms with Crippen molar-refractivity contribution in [3.8, 4) is 11.3 Å². The number of aromatic nitrogens is 2. The Bertz CT molecular complexity index is 592. The Morgan fingerprint density at radius 2 is 1.71 bits per heavy atom. The molecule has 0 radical (unpaired) electrons. The fraction of sp³-hybridized carbons (Fsp3) is 0.100. The highest BCUT2D eigenvalue weighted by Gasteiger charge is 2.18. The van der Waals surface area contributed by atoms with E-state index in [0.717, 1.165) is 4.68 Å². The average molecular weight is 242 g/mol. The maximum Gasteiger partial charge on any atom is 0.161 e. The van der Waals surface area contributed by atoms with E-state index < -0.39 is 17.5 Å². The molecule has 2 rings (SSSR count). The van der Waals surface area contributed by atoms with Crippen molar-refractivity contribution in [2.45, 2.75) is 6.92 Å². The van der Waals surface area contributed by atoms with Gasteiger partial charge < -0.3 is 11.6 Å². The summed E-state index contributed by atoms with van der Waals surface area (Å²) >= 11 is 0. The second kappa shape index (κ2) is 3.69. The zero-order chi connectivity index (χ0) is 12.7. The predicted molar refractivity (Wildman–Crippen MR) is 56.8 cm³/mol. The van der Waals surface area contributed by atoms with Gasteiger partial charge in [-0.2, -0.15) is 0 Å². The minimum absolute atomic E-state index is 0.0126. The van der Waals surface area contributed by atoms with Crippen LogP contribution in [0.15, 0.2) is 12.1 Å². The van der Waals surface area contributed by atoms with Crippen LogP contribution < -0.4 is 11.6 Å². The number of hydrogen-bond acceptors (Lipinski definition) is 3. The minimum atomic E-state index is -1.27. The predicted octanol–water partition coefficient (Wildman–Crippen LogP) is 1.57. The number of anilines is 1. The first-order chi connectivity index (χ1) is 7.91. The zero-order valence-corrected chi connectivity index (χ0v) is 8.84. The van der Waals surface area contributed by atoms with Gasteiger partial charge in [0.25, 0.3) is 0 Å². The molecule has 1 aromatic carbocycles. The second-order valence-electron chi connectivity index (χ2n) is 3.51. The molecule has 0 amide bonds. The van der Waals surface area contributed by atoms with E-state index in [1.54, 1.807) is 6.92 Å². The molecule has 4 N–H and O–H groups in total. The normalized spacial score (nSPS) is 10.8. The van der Waals surface area contributed by atoms with Crippen LogP contribution in [0.2, 0.25) is 0 Å². The third-order valence-electron chi connectivity index (χ3n) is 2.39. The van der Waals surface area contributed by atoms with Crippen LogP contribution in [0.4, 0.5) is 19.0 Å². The van der Waals surface area contributed by atoms with Gasteiger partial charge in [0.05, 0.1) is 0 Å². The van der Waals surface area contributed by atoms with E-state index in [-0.39, 0.29) is 17.1 Å². The van der Waals surface area contributed by atoms with Crippen molar-refractivity contribution in [1.82, 2.24) is 9.66 Å². The molecule has 0 saturated heterocycles. The smallest absolute Gasteiger partial charge is 0.161 e. The molecule has 0 spiro atoms. The van der Waals surface area contributed by atoms with Gasteiger partial charge in [0.1, 0.15) is 17.3 Å². The number of imidazole rings is 1. The maximum atomic E-state index is 13.5. The molecular weight excluding hydrogens is 233 g/mol. The molecule has 1 heterocycles. The lowest BCUT2D eigenvalue weighted by atomic mass is 10.1. The van der Waals surface area contributed by atoms with Crippen molar-refractivity contribution in [2.75, 3.05) is 11.6 Å². The molecule has 0 aliphatic heterocycles. The number of halogens is 3. The molecule has 0 aliphatic carbocycles. The van der Waals surface area contributed by atoms with E-state index in [9.17, 15) is 13.2 Å². The molecule has 0 atom stereocenters. The van der Waals surface area contributed by atoms with E-state index >= 15 is 0 Å². The quantitative estimate of drug-likeness (QED) is 0.589. The molecule has 0 saturated carbocycles. The summed E-state index contributed by atoms with van der Waals surface area (Å²) < 4.78 is 40.3. The molecule has 0 aliphatic rings. The Hall–Kier alpha value is -2.18. The third kappa shape index (κ3) is 1.69. The van der Waals surface area contributed by atoms with Crippen LogP contribution in [0.3, 0.4) is 0 Å². The lowest BCUT2D eigenvalue weighted by molar-refractivity contribution is 0.496. The second-order valence-corrected chi connectivity index (χ2v) is 3.51. The highest BCUT2D eigenvalue weighted by Crippen LogP contribution is 2.28. The lowest BCUT2D eigenvalue weighted by Crippen LogP contribution is -2.13. The van der Waals surface area contributed by atoms with Crippen molar-refractivity contribution in [2.24, 2.45) is 0 Å². The SMILES string of the molecule is Cc1nc(-c2cc(F)c(F)cc2F)c(N)n1N. The number of rotatable bonds is 1. The van der Waals surface area contributed by atoms with Gasteiger partial charge in [-0.05, 0) is 13.0 Å². The summed E-state index contributed by atoms with van der Waals surface area (Å²) in [6, 6.07) is 1.14. The number of nitrogens with two attached hydrogens (primary N) is 2. The van der Waals surface area contributed by atoms with Gasteiger partial charge in [0.15, 0.2) is 17.5 Å². The topological polar surface area (TPSA) is 69.9 Å². The van der Waals surface area contributed by atoms with Gasteiger partial charge in [0.2, 0.25) is 0 Å². The maximum absolute atomic E-state index is 13.5. The van der Waals surface area contributed by atoms with E-state index in [1.807, 2.05) is 0 Å². The Morgan fingerprint density at radius 3 is 2.24 bits per heavy atom.